The van der Waals surface area contributed by atoms with Gasteiger partial charge in [-0.05, 0) is 42.7 Å². The van der Waals surface area contributed by atoms with Crippen molar-refractivity contribution < 1.29 is 4.74 Å². The largest absolute Gasteiger partial charge is 0.493 e. The summed E-state index contributed by atoms with van der Waals surface area (Å²) in [5.41, 5.74) is 1.34. The first-order valence-corrected chi connectivity index (χ1v) is 7.30. The van der Waals surface area contributed by atoms with Crippen molar-refractivity contribution in [3.8, 4) is 5.75 Å². The third-order valence-corrected chi connectivity index (χ3v) is 3.03. The number of hydrogen-bond acceptors (Lipinski definition) is 1. The molecule has 0 atom stereocenters. The minimum absolute atomic E-state index is 0.677. The lowest BCUT2D eigenvalue weighted by atomic mass is 10.0. The van der Waals surface area contributed by atoms with Gasteiger partial charge in [0.25, 0.3) is 0 Å². The van der Waals surface area contributed by atoms with Crippen LogP contribution in [0.25, 0.3) is 0 Å². The normalized spacial score (nSPS) is 11.2. The predicted molar refractivity (Wildman–Crippen MR) is 79.2 cm³/mol. The molecule has 0 fully saturated rings. The van der Waals surface area contributed by atoms with Crippen molar-refractivity contribution in [1.82, 2.24) is 0 Å². The first kappa shape index (κ1) is 15.1. The molecule has 0 aliphatic heterocycles. The standard InChI is InChI=1S/C17H28O/c1-14(2)9-7-8-12-18-17-11-6-5-10-16(17)13-15(3)4/h5-6,10-11,14-15H,7-9,12-13H2,1-4H3. The van der Waals surface area contributed by atoms with Crippen molar-refractivity contribution in [3.05, 3.63) is 29.8 Å². The molecule has 1 rings (SSSR count). The van der Waals surface area contributed by atoms with E-state index in [9.17, 15) is 0 Å². The van der Waals surface area contributed by atoms with Gasteiger partial charge in [0.05, 0.1) is 6.61 Å². The Hall–Kier alpha value is -0.980. The van der Waals surface area contributed by atoms with E-state index in [4.69, 9.17) is 4.74 Å². The number of para-hydroxylation sites is 1. The summed E-state index contributed by atoms with van der Waals surface area (Å²) in [6.07, 6.45) is 4.83. The van der Waals surface area contributed by atoms with Crippen LogP contribution in [0.2, 0.25) is 0 Å². The summed E-state index contributed by atoms with van der Waals surface area (Å²) in [6, 6.07) is 8.44. The van der Waals surface area contributed by atoms with Gasteiger partial charge in [-0.3, -0.25) is 0 Å². The maximum Gasteiger partial charge on any atom is 0.122 e. The summed E-state index contributed by atoms with van der Waals surface area (Å²) in [4.78, 5) is 0. The SMILES string of the molecule is CC(C)CCCCOc1ccccc1CC(C)C. The molecule has 0 saturated carbocycles. The van der Waals surface area contributed by atoms with Crippen LogP contribution in [0.5, 0.6) is 5.75 Å². The lowest BCUT2D eigenvalue weighted by Gasteiger charge is -2.13. The minimum Gasteiger partial charge on any atom is -0.493 e. The van der Waals surface area contributed by atoms with Gasteiger partial charge in [0.2, 0.25) is 0 Å². The first-order valence-electron chi connectivity index (χ1n) is 7.30. The summed E-state index contributed by atoms with van der Waals surface area (Å²) in [6.45, 7) is 9.90. The molecule has 1 aromatic rings. The van der Waals surface area contributed by atoms with Gasteiger partial charge in [-0.15, -0.1) is 0 Å². The minimum atomic E-state index is 0.677. The van der Waals surface area contributed by atoms with E-state index in [-0.39, 0.29) is 0 Å². The summed E-state index contributed by atoms with van der Waals surface area (Å²) < 4.78 is 5.92. The van der Waals surface area contributed by atoms with E-state index in [0.29, 0.717) is 5.92 Å². The van der Waals surface area contributed by atoms with Gasteiger partial charge in [-0.1, -0.05) is 52.3 Å². The fourth-order valence-corrected chi connectivity index (χ4v) is 2.09. The fourth-order valence-electron chi connectivity index (χ4n) is 2.09. The van der Waals surface area contributed by atoms with Crippen LogP contribution in [0.1, 0.15) is 52.5 Å². The number of unbranched alkanes of at least 4 members (excludes halogenated alkanes) is 1. The summed E-state index contributed by atoms with van der Waals surface area (Å²) in [5.74, 6) is 2.56. The van der Waals surface area contributed by atoms with Gasteiger partial charge in [0, 0.05) is 0 Å². The Morgan fingerprint density at radius 1 is 0.944 bits per heavy atom. The Bertz CT molecular complexity index is 328. The monoisotopic (exact) mass is 248 g/mol. The highest BCUT2D eigenvalue weighted by Crippen LogP contribution is 2.21. The molecule has 1 aromatic carbocycles. The average molecular weight is 248 g/mol. The quantitative estimate of drug-likeness (QED) is 0.582. The molecule has 1 nitrogen and oxygen atoms in total. The molecule has 0 aliphatic carbocycles. The third-order valence-electron chi connectivity index (χ3n) is 3.03. The van der Waals surface area contributed by atoms with Crippen LogP contribution in [-0.4, -0.2) is 6.61 Å². The van der Waals surface area contributed by atoms with Crippen molar-refractivity contribution in [1.29, 1.82) is 0 Å². The maximum absolute atomic E-state index is 5.92. The van der Waals surface area contributed by atoms with E-state index in [1.807, 2.05) is 0 Å². The van der Waals surface area contributed by atoms with E-state index < -0.39 is 0 Å². The molecule has 0 radical (unpaired) electrons. The number of ether oxygens (including phenoxy) is 1. The molecule has 102 valence electrons. The van der Waals surface area contributed by atoms with Crippen LogP contribution in [0.15, 0.2) is 24.3 Å². The van der Waals surface area contributed by atoms with Gasteiger partial charge in [0.15, 0.2) is 0 Å². The second-order valence-corrected chi connectivity index (χ2v) is 5.94. The zero-order valence-corrected chi connectivity index (χ0v) is 12.4. The summed E-state index contributed by atoms with van der Waals surface area (Å²) >= 11 is 0. The lowest BCUT2D eigenvalue weighted by Crippen LogP contribution is -2.03. The van der Waals surface area contributed by atoms with Crippen molar-refractivity contribution in [2.24, 2.45) is 11.8 Å². The molecule has 0 aliphatic rings. The molecule has 0 heterocycles. The van der Waals surface area contributed by atoms with Gasteiger partial charge in [0.1, 0.15) is 5.75 Å². The van der Waals surface area contributed by atoms with E-state index in [2.05, 4.69) is 52.0 Å². The highest BCUT2D eigenvalue weighted by Gasteiger charge is 2.05. The first-order chi connectivity index (χ1) is 8.59. The van der Waals surface area contributed by atoms with Crippen LogP contribution >= 0.6 is 0 Å². The van der Waals surface area contributed by atoms with Gasteiger partial charge in [-0.2, -0.15) is 0 Å². The molecule has 0 N–H and O–H groups in total. The van der Waals surface area contributed by atoms with Crippen LogP contribution in [0, 0.1) is 11.8 Å². The van der Waals surface area contributed by atoms with Crippen molar-refractivity contribution in [2.45, 2.75) is 53.4 Å². The maximum atomic E-state index is 5.92. The number of benzene rings is 1. The Kier molecular flexibility index (Phi) is 6.85. The van der Waals surface area contributed by atoms with E-state index in [1.165, 1.54) is 18.4 Å². The third kappa shape index (κ3) is 6.09. The van der Waals surface area contributed by atoms with Crippen LogP contribution in [0.3, 0.4) is 0 Å². The number of rotatable bonds is 8. The molecule has 0 unspecified atom stereocenters. The zero-order valence-electron chi connectivity index (χ0n) is 12.4. The summed E-state index contributed by atoms with van der Waals surface area (Å²) in [7, 11) is 0. The smallest absolute Gasteiger partial charge is 0.122 e. The number of hydrogen-bond donors (Lipinski definition) is 0. The molecule has 0 aromatic heterocycles. The van der Waals surface area contributed by atoms with Gasteiger partial charge >= 0.3 is 0 Å². The Morgan fingerprint density at radius 2 is 1.67 bits per heavy atom. The predicted octanol–water partition coefficient (Wildman–Crippen LogP) is 5.09. The molecule has 0 saturated heterocycles. The molecule has 18 heavy (non-hydrogen) atoms. The van der Waals surface area contributed by atoms with Gasteiger partial charge < -0.3 is 4.74 Å². The van der Waals surface area contributed by atoms with E-state index in [0.717, 1.165) is 31.1 Å². The molecular formula is C17H28O. The second-order valence-electron chi connectivity index (χ2n) is 5.94. The Morgan fingerprint density at radius 3 is 2.33 bits per heavy atom. The van der Waals surface area contributed by atoms with E-state index in [1.54, 1.807) is 0 Å². The molecule has 0 spiro atoms. The summed E-state index contributed by atoms with van der Waals surface area (Å²) in [5, 5.41) is 0. The topological polar surface area (TPSA) is 9.23 Å². The Balaban J connectivity index is 2.37. The van der Waals surface area contributed by atoms with Gasteiger partial charge in [-0.25, -0.2) is 0 Å². The highest BCUT2D eigenvalue weighted by molar-refractivity contribution is 5.33. The van der Waals surface area contributed by atoms with Crippen molar-refractivity contribution >= 4 is 0 Å². The van der Waals surface area contributed by atoms with Crippen LogP contribution in [0.4, 0.5) is 0 Å². The molecule has 0 bridgehead atoms. The van der Waals surface area contributed by atoms with Crippen LogP contribution < -0.4 is 4.74 Å². The average Bonchev–Trinajstić information content (AvgIpc) is 2.29. The molecular weight excluding hydrogens is 220 g/mol. The lowest BCUT2D eigenvalue weighted by molar-refractivity contribution is 0.297. The zero-order chi connectivity index (χ0) is 13.4. The Labute approximate surface area is 113 Å². The van der Waals surface area contributed by atoms with Crippen molar-refractivity contribution in [2.75, 3.05) is 6.61 Å². The highest BCUT2D eigenvalue weighted by atomic mass is 16.5. The second kappa shape index (κ2) is 8.18. The van der Waals surface area contributed by atoms with Crippen molar-refractivity contribution in [3.63, 3.8) is 0 Å². The molecule has 0 amide bonds. The van der Waals surface area contributed by atoms with E-state index >= 15 is 0 Å². The fraction of sp³-hybridized carbons (Fsp3) is 0.647. The molecule has 1 heteroatoms. The van der Waals surface area contributed by atoms with Crippen LogP contribution in [-0.2, 0) is 6.42 Å².